The van der Waals surface area contributed by atoms with Crippen LogP contribution in [0.5, 0.6) is 23.0 Å². The van der Waals surface area contributed by atoms with Gasteiger partial charge in [0.1, 0.15) is 6.61 Å². The Morgan fingerprint density at radius 1 is 0.875 bits per heavy atom. The zero-order valence-electron chi connectivity index (χ0n) is 18.9. The smallest absolute Gasteiger partial charge is 0.269 e. The lowest BCUT2D eigenvalue weighted by Crippen LogP contribution is -2.41. The van der Waals surface area contributed by atoms with Crippen LogP contribution in [0.3, 0.4) is 0 Å². The van der Waals surface area contributed by atoms with Gasteiger partial charge in [0, 0.05) is 11.1 Å². The standard InChI is InChI=1S/C24H30N2O6/c1-6-12-31-19-9-7-17(14-21(19)29-4)23(27)25-26-24(28)18-8-10-20(22(15-18)30-5)32-13-11-16(2)3/h6-10,14-16H,1,11-13H2,2-5H3,(H,25,27)(H,26,28). The summed E-state index contributed by atoms with van der Waals surface area (Å²) in [7, 11) is 2.98. The predicted octanol–water partition coefficient (Wildman–Crippen LogP) is 3.77. The molecule has 0 aliphatic carbocycles. The first-order valence-corrected chi connectivity index (χ1v) is 10.2. The molecule has 0 aromatic heterocycles. The van der Waals surface area contributed by atoms with Crippen LogP contribution < -0.4 is 29.8 Å². The van der Waals surface area contributed by atoms with Gasteiger partial charge in [0.2, 0.25) is 0 Å². The highest BCUT2D eigenvalue weighted by molar-refractivity contribution is 5.99. The number of rotatable bonds is 11. The van der Waals surface area contributed by atoms with Gasteiger partial charge < -0.3 is 18.9 Å². The maximum Gasteiger partial charge on any atom is 0.269 e. The molecular weight excluding hydrogens is 412 g/mol. The molecular formula is C24H30N2O6. The molecule has 0 atom stereocenters. The van der Waals surface area contributed by atoms with Crippen molar-refractivity contribution < 1.29 is 28.5 Å². The highest BCUT2D eigenvalue weighted by Crippen LogP contribution is 2.29. The number of amides is 2. The van der Waals surface area contributed by atoms with Crippen molar-refractivity contribution in [2.75, 3.05) is 27.4 Å². The normalized spacial score (nSPS) is 10.3. The summed E-state index contributed by atoms with van der Waals surface area (Å²) in [5.74, 6) is 1.38. The third-order valence-electron chi connectivity index (χ3n) is 4.45. The van der Waals surface area contributed by atoms with Crippen LogP contribution in [-0.2, 0) is 0 Å². The van der Waals surface area contributed by atoms with Gasteiger partial charge in [0.05, 0.1) is 20.8 Å². The third-order valence-corrected chi connectivity index (χ3v) is 4.45. The second-order valence-corrected chi connectivity index (χ2v) is 7.27. The Morgan fingerprint density at radius 3 is 1.81 bits per heavy atom. The monoisotopic (exact) mass is 442 g/mol. The molecule has 0 spiro atoms. The molecule has 2 rings (SSSR count). The summed E-state index contributed by atoms with van der Waals surface area (Å²) in [6.45, 7) is 8.68. The SMILES string of the molecule is C=CCOc1ccc(C(=O)NNC(=O)c2ccc(OCCC(C)C)c(OC)c2)cc1OC. The van der Waals surface area contributed by atoms with E-state index in [1.807, 2.05) is 0 Å². The highest BCUT2D eigenvalue weighted by atomic mass is 16.5. The van der Waals surface area contributed by atoms with E-state index in [0.29, 0.717) is 53.3 Å². The van der Waals surface area contributed by atoms with Gasteiger partial charge in [0.15, 0.2) is 23.0 Å². The van der Waals surface area contributed by atoms with Crippen LogP contribution in [0, 0.1) is 5.92 Å². The second kappa shape index (κ2) is 12.2. The van der Waals surface area contributed by atoms with Crippen molar-refractivity contribution in [3.05, 3.63) is 60.2 Å². The Balaban J connectivity index is 2.00. The van der Waals surface area contributed by atoms with Crippen molar-refractivity contribution in [1.82, 2.24) is 10.9 Å². The fraction of sp³-hybridized carbons (Fsp3) is 0.333. The molecule has 2 aromatic rings. The van der Waals surface area contributed by atoms with E-state index in [1.54, 1.807) is 36.4 Å². The van der Waals surface area contributed by atoms with Gasteiger partial charge >= 0.3 is 0 Å². The predicted molar refractivity (Wildman–Crippen MR) is 122 cm³/mol. The highest BCUT2D eigenvalue weighted by Gasteiger charge is 2.15. The number of carbonyl (C=O) groups excluding carboxylic acids is 2. The number of carbonyl (C=O) groups is 2. The Morgan fingerprint density at radius 2 is 1.38 bits per heavy atom. The van der Waals surface area contributed by atoms with E-state index in [9.17, 15) is 9.59 Å². The van der Waals surface area contributed by atoms with Crippen molar-refractivity contribution in [3.8, 4) is 23.0 Å². The Hall–Kier alpha value is -3.68. The summed E-state index contributed by atoms with van der Waals surface area (Å²) in [5.41, 5.74) is 5.38. The molecule has 0 bridgehead atoms. The molecule has 8 nitrogen and oxygen atoms in total. The van der Waals surface area contributed by atoms with Crippen LogP contribution in [0.25, 0.3) is 0 Å². The molecule has 8 heteroatoms. The molecule has 0 unspecified atom stereocenters. The molecule has 172 valence electrons. The zero-order valence-corrected chi connectivity index (χ0v) is 18.9. The molecule has 2 aromatic carbocycles. The zero-order chi connectivity index (χ0) is 23.5. The minimum Gasteiger partial charge on any atom is -0.493 e. The van der Waals surface area contributed by atoms with Crippen LogP contribution in [0.1, 0.15) is 41.0 Å². The molecule has 0 aliphatic rings. The van der Waals surface area contributed by atoms with Crippen LogP contribution in [0.15, 0.2) is 49.1 Å². The van der Waals surface area contributed by atoms with Crippen molar-refractivity contribution in [1.29, 1.82) is 0 Å². The molecule has 0 aliphatic heterocycles. The molecule has 0 radical (unpaired) electrons. The van der Waals surface area contributed by atoms with Crippen molar-refractivity contribution in [2.45, 2.75) is 20.3 Å². The molecule has 32 heavy (non-hydrogen) atoms. The first-order valence-electron chi connectivity index (χ1n) is 10.2. The van der Waals surface area contributed by atoms with Gasteiger partial charge in [-0.1, -0.05) is 26.5 Å². The lowest BCUT2D eigenvalue weighted by Gasteiger charge is -2.14. The minimum atomic E-state index is -0.507. The van der Waals surface area contributed by atoms with Gasteiger partial charge in [-0.05, 0) is 48.7 Å². The van der Waals surface area contributed by atoms with Crippen LogP contribution in [0.4, 0.5) is 0 Å². The van der Waals surface area contributed by atoms with E-state index in [-0.39, 0.29) is 0 Å². The van der Waals surface area contributed by atoms with Crippen molar-refractivity contribution in [2.24, 2.45) is 5.92 Å². The Labute approximate surface area is 188 Å². The average molecular weight is 443 g/mol. The molecule has 0 saturated heterocycles. The van der Waals surface area contributed by atoms with Gasteiger partial charge in [-0.3, -0.25) is 20.4 Å². The second-order valence-electron chi connectivity index (χ2n) is 7.27. The Bertz CT molecular complexity index is 942. The van der Waals surface area contributed by atoms with E-state index in [2.05, 4.69) is 31.3 Å². The summed E-state index contributed by atoms with van der Waals surface area (Å²) >= 11 is 0. The maximum atomic E-state index is 12.5. The summed E-state index contributed by atoms with van der Waals surface area (Å²) in [5, 5.41) is 0. The molecule has 2 N–H and O–H groups in total. The summed E-state index contributed by atoms with van der Waals surface area (Å²) in [6, 6.07) is 9.52. The first kappa shape index (κ1) is 24.6. The van der Waals surface area contributed by atoms with E-state index in [0.717, 1.165) is 6.42 Å². The topological polar surface area (TPSA) is 95.1 Å². The average Bonchev–Trinajstić information content (AvgIpc) is 2.80. The Kier molecular flexibility index (Phi) is 9.41. The van der Waals surface area contributed by atoms with Gasteiger partial charge in [0.25, 0.3) is 11.8 Å². The lowest BCUT2D eigenvalue weighted by molar-refractivity contribution is 0.0846. The van der Waals surface area contributed by atoms with Crippen molar-refractivity contribution in [3.63, 3.8) is 0 Å². The van der Waals surface area contributed by atoms with Gasteiger partial charge in [-0.15, -0.1) is 0 Å². The van der Waals surface area contributed by atoms with Crippen LogP contribution in [-0.4, -0.2) is 39.2 Å². The number of methoxy groups -OCH3 is 2. The number of hydrogen-bond acceptors (Lipinski definition) is 6. The number of hydrogen-bond donors (Lipinski definition) is 2. The third kappa shape index (κ3) is 6.94. The summed E-state index contributed by atoms with van der Waals surface area (Å²) in [6.07, 6.45) is 2.51. The van der Waals surface area contributed by atoms with Gasteiger partial charge in [-0.2, -0.15) is 0 Å². The van der Waals surface area contributed by atoms with E-state index < -0.39 is 11.8 Å². The number of hydrazine groups is 1. The molecule has 0 fully saturated rings. The summed E-state index contributed by atoms with van der Waals surface area (Å²) < 4.78 is 21.8. The fourth-order valence-corrected chi connectivity index (χ4v) is 2.67. The summed E-state index contributed by atoms with van der Waals surface area (Å²) in [4.78, 5) is 24.9. The number of benzene rings is 2. The molecule has 0 heterocycles. The van der Waals surface area contributed by atoms with Gasteiger partial charge in [-0.25, -0.2) is 0 Å². The van der Waals surface area contributed by atoms with Crippen molar-refractivity contribution >= 4 is 11.8 Å². The fourth-order valence-electron chi connectivity index (χ4n) is 2.67. The van der Waals surface area contributed by atoms with E-state index in [1.165, 1.54) is 20.3 Å². The quantitative estimate of drug-likeness (QED) is 0.406. The number of nitrogens with one attached hydrogen (secondary N) is 2. The molecule has 2 amide bonds. The maximum absolute atomic E-state index is 12.5. The minimum absolute atomic E-state index is 0.291. The first-order chi connectivity index (χ1) is 15.4. The number of ether oxygens (including phenoxy) is 4. The molecule has 0 saturated carbocycles. The van der Waals surface area contributed by atoms with Crippen LogP contribution in [0.2, 0.25) is 0 Å². The van der Waals surface area contributed by atoms with Crippen LogP contribution >= 0.6 is 0 Å². The van der Waals surface area contributed by atoms with E-state index in [4.69, 9.17) is 18.9 Å². The van der Waals surface area contributed by atoms with E-state index >= 15 is 0 Å². The lowest BCUT2D eigenvalue weighted by atomic mass is 10.1. The largest absolute Gasteiger partial charge is 0.493 e.